The van der Waals surface area contributed by atoms with Gasteiger partial charge in [0, 0.05) is 0 Å². The van der Waals surface area contributed by atoms with Crippen molar-refractivity contribution in [1.29, 1.82) is 5.26 Å². The van der Waals surface area contributed by atoms with Crippen molar-refractivity contribution in [2.45, 2.75) is 45.8 Å². The Morgan fingerprint density at radius 1 is 1.67 bits per heavy atom. The number of ether oxygens (including phenoxy) is 1. The van der Waals surface area contributed by atoms with E-state index in [4.69, 9.17) is 14.4 Å². The molecule has 0 aromatic carbocycles. The van der Waals surface area contributed by atoms with Crippen LogP contribution in [-0.4, -0.2) is 16.7 Å². The molecule has 1 aromatic rings. The Balaban J connectivity index is 2.57. The molecule has 0 radical (unpaired) electrons. The summed E-state index contributed by atoms with van der Waals surface area (Å²) in [7, 11) is 0. The molecule has 0 unspecified atom stereocenters. The van der Waals surface area contributed by atoms with Gasteiger partial charge in [-0.1, -0.05) is 0 Å². The molecule has 0 bridgehead atoms. The summed E-state index contributed by atoms with van der Waals surface area (Å²) >= 11 is 0. The molecule has 1 heterocycles. The Morgan fingerprint density at radius 2 is 2.33 bits per heavy atom. The van der Waals surface area contributed by atoms with E-state index in [-0.39, 0.29) is 6.42 Å². The van der Waals surface area contributed by atoms with Gasteiger partial charge in [-0.3, -0.25) is 0 Å². The van der Waals surface area contributed by atoms with E-state index < -0.39 is 17.7 Å². The van der Waals surface area contributed by atoms with Gasteiger partial charge in [0.25, 0.3) is 0 Å². The van der Waals surface area contributed by atoms with Crippen LogP contribution in [-0.2, 0) is 11.2 Å². The number of rotatable bonds is 3. The third-order valence-corrected chi connectivity index (χ3v) is 1.93. The maximum absolute atomic E-state index is 11.5. The lowest BCUT2D eigenvalue weighted by Crippen LogP contribution is -2.34. The van der Waals surface area contributed by atoms with Gasteiger partial charge in [0.1, 0.15) is 17.4 Å². The third-order valence-electron chi connectivity index (χ3n) is 1.93. The molecule has 1 amide bonds. The maximum atomic E-state index is 11.5. The van der Waals surface area contributed by atoms with Crippen molar-refractivity contribution < 1.29 is 13.9 Å². The fourth-order valence-corrected chi connectivity index (χ4v) is 1.23. The van der Waals surface area contributed by atoms with Crippen LogP contribution in [0.1, 0.15) is 45.4 Å². The largest absolute Gasteiger partial charge is 0.444 e. The molecule has 0 aliphatic carbocycles. The number of aromatic nitrogens is 1. The molecule has 98 valence electrons. The van der Waals surface area contributed by atoms with Gasteiger partial charge in [0.15, 0.2) is 0 Å². The van der Waals surface area contributed by atoms with Crippen molar-refractivity contribution in [3.05, 3.63) is 17.8 Å². The summed E-state index contributed by atoms with van der Waals surface area (Å²) in [5.74, 6) is 0.830. The second kappa shape index (κ2) is 5.54. The minimum Gasteiger partial charge on any atom is -0.444 e. The van der Waals surface area contributed by atoms with Crippen molar-refractivity contribution in [2.75, 3.05) is 0 Å². The van der Waals surface area contributed by atoms with Gasteiger partial charge in [-0.2, -0.15) is 5.26 Å². The molecular weight excluding hydrogens is 234 g/mol. The Labute approximate surface area is 106 Å². The average molecular weight is 251 g/mol. The highest BCUT2D eigenvalue weighted by Crippen LogP contribution is 2.14. The number of carbonyl (C=O) groups excluding carboxylic acids is 1. The zero-order valence-corrected chi connectivity index (χ0v) is 11.0. The molecule has 0 saturated heterocycles. The molecule has 0 aliphatic rings. The zero-order valence-electron chi connectivity index (χ0n) is 11.0. The van der Waals surface area contributed by atoms with Crippen LogP contribution in [0.3, 0.4) is 0 Å². The summed E-state index contributed by atoms with van der Waals surface area (Å²) in [6.45, 7) is 7.08. The summed E-state index contributed by atoms with van der Waals surface area (Å²) in [4.78, 5) is 15.5. The lowest BCUT2D eigenvalue weighted by Gasteiger charge is -2.21. The number of nitrogens with zero attached hydrogens (tertiary/aromatic N) is 2. The maximum Gasteiger partial charge on any atom is 0.408 e. The van der Waals surface area contributed by atoms with Crippen LogP contribution in [0, 0.1) is 11.3 Å². The first-order valence-electron chi connectivity index (χ1n) is 5.63. The van der Waals surface area contributed by atoms with Crippen LogP contribution in [0.25, 0.3) is 0 Å². The summed E-state index contributed by atoms with van der Waals surface area (Å²) in [6.07, 6.45) is 1.10. The predicted octanol–water partition coefficient (Wildman–Crippen LogP) is 2.33. The van der Waals surface area contributed by atoms with Gasteiger partial charge in [-0.15, -0.1) is 0 Å². The Hall–Kier alpha value is -2.03. The summed E-state index contributed by atoms with van der Waals surface area (Å²) in [5.41, 5.74) is -0.549. The fourth-order valence-electron chi connectivity index (χ4n) is 1.23. The summed E-state index contributed by atoms with van der Waals surface area (Å²) in [6, 6.07) is 1.55. The van der Waals surface area contributed by atoms with E-state index in [9.17, 15) is 4.79 Å². The quantitative estimate of drug-likeness (QED) is 0.890. The summed E-state index contributed by atoms with van der Waals surface area (Å²) in [5, 5.41) is 11.1. The normalized spacial score (nSPS) is 12.6. The van der Waals surface area contributed by atoms with E-state index >= 15 is 0 Å². The van der Waals surface area contributed by atoms with Crippen LogP contribution in [0.5, 0.6) is 0 Å². The van der Waals surface area contributed by atoms with Gasteiger partial charge in [-0.05, 0) is 27.7 Å². The molecule has 18 heavy (non-hydrogen) atoms. The first-order valence-corrected chi connectivity index (χ1v) is 5.63. The first-order chi connectivity index (χ1) is 8.31. The van der Waals surface area contributed by atoms with Crippen molar-refractivity contribution >= 4 is 6.09 Å². The average Bonchev–Trinajstić information content (AvgIpc) is 2.63. The lowest BCUT2D eigenvalue weighted by molar-refractivity contribution is 0.0500. The van der Waals surface area contributed by atoms with E-state index in [1.54, 1.807) is 27.7 Å². The number of carbonyl (C=O) groups is 1. The molecule has 0 aliphatic heterocycles. The van der Waals surface area contributed by atoms with E-state index in [1.807, 2.05) is 6.07 Å². The van der Waals surface area contributed by atoms with Crippen molar-refractivity contribution in [3.63, 3.8) is 0 Å². The van der Waals surface area contributed by atoms with Crippen molar-refractivity contribution in [3.8, 4) is 6.07 Å². The number of hydrogen-bond donors (Lipinski definition) is 1. The highest BCUT2D eigenvalue weighted by molar-refractivity contribution is 5.68. The van der Waals surface area contributed by atoms with E-state index in [0.717, 1.165) is 0 Å². The molecule has 0 saturated carbocycles. The highest BCUT2D eigenvalue weighted by Gasteiger charge is 2.20. The smallest absolute Gasteiger partial charge is 0.408 e. The minimum absolute atomic E-state index is 0.159. The molecule has 1 aromatic heterocycles. The van der Waals surface area contributed by atoms with Gasteiger partial charge in [0.05, 0.1) is 18.7 Å². The van der Waals surface area contributed by atoms with E-state index in [0.29, 0.717) is 11.7 Å². The highest BCUT2D eigenvalue weighted by atomic mass is 16.6. The molecule has 6 nitrogen and oxygen atoms in total. The molecule has 1 N–H and O–H groups in total. The number of nitriles is 1. The number of nitrogens with one attached hydrogen (secondary N) is 1. The number of amides is 1. The molecule has 6 heteroatoms. The van der Waals surface area contributed by atoms with E-state index in [1.165, 1.54) is 6.20 Å². The third kappa shape index (κ3) is 4.45. The van der Waals surface area contributed by atoms with Crippen LogP contribution >= 0.6 is 0 Å². The Bertz CT molecular complexity index is 454. The van der Waals surface area contributed by atoms with Crippen LogP contribution in [0.4, 0.5) is 4.79 Å². The zero-order chi connectivity index (χ0) is 13.8. The first kappa shape index (κ1) is 14.0. The molecule has 1 atom stereocenters. The molecule has 0 fully saturated rings. The number of hydrogen-bond acceptors (Lipinski definition) is 5. The van der Waals surface area contributed by atoms with Crippen LogP contribution in [0.2, 0.25) is 0 Å². The van der Waals surface area contributed by atoms with E-state index in [2.05, 4.69) is 10.3 Å². The summed E-state index contributed by atoms with van der Waals surface area (Å²) < 4.78 is 10.4. The van der Waals surface area contributed by atoms with Gasteiger partial charge >= 0.3 is 6.09 Å². The number of oxazole rings is 1. The minimum atomic E-state index is -0.549. The standard InChI is InChI=1S/C12H17N3O3/c1-8(15-11(16)18-12(2,3)4)10-14-7-9(17-10)5-6-13/h7-8H,5H2,1-4H3,(H,15,16)/t8-/m0/s1. The van der Waals surface area contributed by atoms with Crippen molar-refractivity contribution in [1.82, 2.24) is 10.3 Å². The number of alkyl carbamates (subject to hydrolysis) is 1. The molecule has 0 spiro atoms. The SMILES string of the molecule is C[C@H](NC(=O)OC(C)(C)C)c1ncc(CC#N)o1. The van der Waals surface area contributed by atoms with Crippen LogP contribution in [0.15, 0.2) is 10.6 Å². The second-order valence-corrected chi connectivity index (χ2v) is 4.87. The monoisotopic (exact) mass is 251 g/mol. The fraction of sp³-hybridized carbons (Fsp3) is 0.583. The van der Waals surface area contributed by atoms with Crippen LogP contribution < -0.4 is 5.32 Å². The van der Waals surface area contributed by atoms with Crippen molar-refractivity contribution in [2.24, 2.45) is 0 Å². The second-order valence-electron chi connectivity index (χ2n) is 4.87. The van der Waals surface area contributed by atoms with Gasteiger partial charge < -0.3 is 14.5 Å². The predicted molar refractivity (Wildman–Crippen MR) is 63.6 cm³/mol. The van der Waals surface area contributed by atoms with Gasteiger partial charge in [0.2, 0.25) is 5.89 Å². The topological polar surface area (TPSA) is 88.1 Å². The lowest BCUT2D eigenvalue weighted by atomic mass is 10.2. The van der Waals surface area contributed by atoms with Gasteiger partial charge in [-0.25, -0.2) is 9.78 Å². The molecule has 1 rings (SSSR count). The Kier molecular flexibility index (Phi) is 4.32. The molecular formula is C12H17N3O3. The Morgan fingerprint density at radius 3 is 2.89 bits per heavy atom.